The molecule has 3 nitrogen and oxygen atoms in total. The van der Waals surface area contributed by atoms with Crippen molar-refractivity contribution in [1.29, 1.82) is 0 Å². The van der Waals surface area contributed by atoms with Gasteiger partial charge in [0.1, 0.15) is 5.69 Å². The minimum absolute atomic E-state index is 0.646. The van der Waals surface area contributed by atoms with Crippen LogP contribution >= 0.6 is 0 Å². The van der Waals surface area contributed by atoms with E-state index in [1.165, 1.54) is 36.1 Å². The Kier molecular flexibility index (Phi) is 4.81. The van der Waals surface area contributed by atoms with Gasteiger partial charge in [0.05, 0.1) is 34.4 Å². The van der Waals surface area contributed by atoms with Gasteiger partial charge in [-0.25, -0.2) is 0 Å². The molecule has 0 saturated carbocycles. The Morgan fingerprint density at radius 2 is 1.75 bits per heavy atom. The van der Waals surface area contributed by atoms with Crippen LogP contribution in [0.15, 0.2) is 42.5 Å². The summed E-state index contributed by atoms with van der Waals surface area (Å²) in [5.41, 5.74) is 4.29. The largest absolute Gasteiger partial charge is 0.493 e. The number of nitrogens with zero attached hydrogens (tertiary/aromatic N) is 1. The number of aryl methyl sites for hydroxylation is 2. The van der Waals surface area contributed by atoms with Gasteiger partial charge in [0, 0.05) is 18.4 Å². The molecule has 0 N–H and O–H groups in total. The maximum atomic E-state index is 5.43. The maximum absolute atomic E-state index is 5.43. The van der Waals surface area contributed by atoms with Crippen molar-refractivity contribution in [2.24, 2.45) is 0 Å². The summed E-state index contributed by atoms with van der Waals surface area (Å²) < 4.78 is 11.7. The Balaban J connectivity index is 1.73. The van der Waals surface area contributed by atoms with Crippen LogP contribution in [0.25, 0.3) is 0 Å². The number of benzene rings is 2. The molecule has 1 heterocycles. The van der Waals surface area contributed by atoms with Crippen molar-refractivity contribution in [1.82, 2.24) is 4.48 Å². The summed E-state index contributed by atoms with van der Waals surface area (Å²) in [6.45, 7) is 0. The highest BCUT2D eigenvalue weighted by Crippen LogP contribution is 2.36. The fourth-order valence-electron chi connectivity index (χ4n) is 3.96. The van der Waals surface area contributed by atoms with Crippen LogP contribution in [0.4, 0.5) is 5.69 Å². The molecule has 128 valence electrons. The first-order valence-electron chi connectivity index (χ1n) is 8.69. The minimum atomic E-state index is 0.646. The molecule has 0 radical (unpaired) electrons. The fourth-order valence-corrected chi connectivity index (χ4v) is 3.96. The van der Waals surface area contributed by atoms with Crippen LogP contribution < -0.4 is 14.0 Å². The molecule has 0 amide bonds. The molecule has 0 bridgehead atoms. The van der Waals surface area contributed by atoms with Crippen molar-refractivity contribution in [3.63, 3.8) is 0 Å². The van der Waals surface area contributed by atoms with Crippen LogP contribution in [0.2, 0.25) is 0 Å². The van der Waals surface area contributed by atoms with E-state index >= 15 is 0 Å². The molecular weight excluding hydrogens is 298 g/mol. The zero-order valence-corrected chi connectivity index (χ0v) is 15.2. The molecule has 0 spiro atoms. The number of hydrogen-bond acceptors (Lipinski definition) is 2. The highest BCUT2D eigenvalue weighted by molar-refractivity contribution is 5.52. The van der Waals surface area contributed by atoms with Gasteiger partial charge in [-0.2, -0.15) is 0 Å². The van der Waals surface area contributed by atoms with Crippen molar-refractivity contribution < 1.29 is 9.47 Å². The summed E-state index contributed by atoms with van der Waals surface area (Å²) in [5.74, 6) is 1.61. The molecule has 0 aromatic heterocycles. The Labute approximate surface area is 145 Å². The Hall–Kier alpha value is -2.00. The van der Waals surface area contributed by atoms with Crippen molar-refractivity contribution in [3.05, 3.63) is 53.6 Å². The second-order valence-electron chi connectivity index (χ2n) is 7.09. The molecule has 3 heteroatoms. The predicted molar refractivity (Wildman–Crippen MR) is 100 cm³/mol. The molecule has 1 atom stereocenters. The summed E-state index contributed by atoms with van der Waals surface area (Å²) >= 11 is 0. The van der Waals surface area contributed by atoms with E-state index in [4.69, 9.17) is 9.47 Å². The van der Waals surface area contributed by atoms with Crippen LogP contribution in [0.5, 0.6) is 11.5 Å². The zero-order chi connectivity index (χ0) is 17.2. The standard InChI is InChI=1S/C21H28NO2/c1-22(2)18(13-11-17-7-5-6-8-19(17)22)12-9-16-10-14-20(23-3)21(15-16)24-4/h5-8,10,14-15,18H,9,11-13H2,1-4H3/q+1/t18-/m0/s1. The van der Waals surface area contributed by atoms with E-state index in [0.29, 0.717) is 6.04 Å². The van der Waals surface area contributed by atoms with E-state index in [-0.39, 0.29) is 0 Å². The molecule has 1 aliphatic heterocycles. The second kappa shape index (κ2) is 6.86. The van der Waals surface area contributed by atoms with Gasteiger partial charge in [-0.3, -0.25) is 4.48 Å². The van der Waals surface area contributed by atoms with E-state index in [0.717, 1.165) is 22.4 Å². The first kappa shape index (κ1) is 16.8. The number of fused-ring (bicyclic) bond motifs is 1. The number of methoxy groups -OCH3 is 2. The molecule has 0 aliphatic carbocycles. The van der Waals surface area contributed by atoms with Gasteiger partial charge in [-0.05, 0) is 36.6 Å². The third-order valence-corrected chi connectivity index (χ3v) is 5.49. The monoisotopic (exact) mass is 326 g/mol. The van der Waals surface area contributed by atoms with E-state index < -0.39 is 0 Å². The van der Waals surface area contributed by atoms with E-state index in [2.05, 4.69) is 50.5 Å². The highest BCUT2D eigenvalue weighted by atomic mass is 16.5. The Morgan fingerprint density at radius 1 is 1.00 bits per heavy atom. The van der Waals surface area contributed by atoms with Crippen LogP contribution in [0, 0.1) is 0 Å². The first-order chi connectivity index (χ1) is 11.6. The summed E-state index contributed by atoms with van der Waals surface area (Å²) in [6, 6.07) is 15.8. The van der Waals surface area contributed by atoms with Crippen molar-refractivity contribution in [3.8, 4) is 11.5 Å². The molecule has 1 aliphatic rings. The van der Waals surface area contributed by atoms with E-state index in [1.807, 2.05) is 6.07 Å². The molecule has 0 saturated heterocycles. The lowest BCUT2D eigenvalue weighted by atomic mass is 9.90. The lowest BCUT2D eigenvalue weighted by Crippen LogP contribution is -2.53. The lowest BCUT2D eigenvalue weighted by Gasteiger charge is -2.42. The van der Waals surface area contributed by atoms with Gasteiger partial charge in [0.15, 0.2) is 11.5 Å². The number of ether oxygens (including phenoxy) is 2. The van der Waals surface area contributed by atoms with Crippen molar-refractivity contribution in [2.75, 3.05) is 28.3 Å². The van der Waals surface area contributed by atoms with Crippen LogP contribution in [-0.2, 0) is 12.8 Å². The average molecular weight is 326 g/mol. The summed E-state index contributed by atoms with van der Waals surface area (Å²) in [7, 11) is 8.06. The third kappa shape index (κ3) is 3.13. The fraction of sp³-hybridized carbons (Fsp3) is 0.429. The van der Waals surface area contributed by atoms with Gasteiger partial charge in [0.2, 0.25) is 0 Å². The lowest BCUT2D eigenvalue weighted by molar-refractivity contribution is 0.246. The molecule has 2 aromatic rings. The normalized spacial score (nSPS) is 18.8. The zero-order valence-electron chi connectivity index (χ0n) is 15.2. The molecular formula is C21H28NO2+. The van der Waals surface area contributed by atoms with Gasteiger partial charge in [-0.15, -0.1) is 0 Å². The average Bonchev–Trinajstić information content (AvgIpc) is 2.61. The molecule has 24 heavy (non-hydrogen) atoms. The topological polar surface area (TPSA) is 18.5 Å². The SMILES string of the molecule is COc1ccc(CC[C@H]2CCc3ccccc3[N+]2(C)C)cc1OC. The summed E-state index contributed by atoms with van der Waals surface area (Å²) in [6.07, 6.45) is 4.68. The molecule has 0 fully saturated rings. The van der Waals surface area contributed by atoms with Crippen molar-refractivity contribution in [2.45, 2.75) is 31.7 Å². The Bertz CT molecular complexity index is 709. The molecule has 2 aromatic carbocycles. The third-order valence-electron chi connectivity index (χ3n) is 5.49. The van der Waals surface area contributed by atoms with Crippen molar-refractivity contribution >= 4 is 5.69 Å². The van der Waals surface area contributed by atoms with E-state index in [1.54, 1.807) is 14.2 Å². The van der Waals surface area contributed by atoms with Crippen LogP contribution in [0.3, 0.4) is 0 Å². The van der Waals surface area contributed by atoms with Crippen LogP contribution in [-0.4, -0.2) is 34.4 Å². The second-order valence-corrected chi connectivity index (χ2v) is 7.09. The highest BCUT2D eigenvalue weighted by Gasteiger charge is 2.35. The number of para-hydroxylation sites is 1. The number of hydrogen-bond donors (Lipinski definition) is 0. The number of rotatable bonds is 5. The summed E-state index contributed by atoms with van der Waals surface area (Å²) in [5, 5.41) is 0. The van der Waals surface area contributed by atoms with Gasteiger partial charge >= 0.3 is 0 Å². The van der Waals surface area contributed by atoms with Gasteiger partial charge < -0.3 is 9.47 Å². The summed E-state index contributed by atoms with van der Waals surface area (Å²) in [4.78, 5) is 0. The van der Waals surface area contributed by atoms with E-state index in [9.17, 15) is 0 Å². The van der Waals surface area contributed by atoms with Crippen LogP contribution in [0.1, 0.15) is 24.0 Å². The minimum Gasteiger partial charge on any atom is -0.493 e. The Morgan fingerprint density at radius 3 is 2.50 bits per heavy atom. The molecule has 0 unspecified atom stereocenters. The predicted octanol–water partition coefficient (Wildman–Crippen LogP) is 4.22. The quantitative estimate of drug-likeness (QED) is 0.766. The first-order valence-corrected chi connectivity index (χ1v) is 8.69. The van der Waals surface area contributed by atoms with Gasteiger partial charge in [0.25, 0.3) is 0 Å². The molecule has 3 rings (SSSR count). The smallest absolute Gasteiger partial charge is 0.160 e. The maximum Gasteiger partial charge on any atom is 0.160 e. The number of quaternary nitrogens is 1. The van der Waals surface area contributed by atoms with Gasteiger partial charge in [-0.1, -0.05) is 24.3 Å².